The van der Waals surface area contributed by atoms with Crippen LogP contribution in [0.4, 0.5) is 0 Å². The Morgan fingerprint density at radius 2 is 0.613 bits per heavy atom. The molecule has 0 fully saturated rings. The molecular formula is C100H64N6. The van der Waals surface area contributed by atoms with Gasteiger partial charge in [0.15, 0.2) is 0 Å². The van der Waals surface area contributed by atoms with E-state index < -0.39 is 0 Å². The average molecular weight is 1350 g/mol. The van der Waals surface area contributed by atoms with Crippen molar-refractivity contribution >= 4 is 120 Å². The molecule has 6 nitrogen and oxygen atoms in total. The predicted molar refractivity (Wildman–Crippen MR) is 446 cm³/mol. The molecule has 0 aliphatic heterocycles. The number of para-hydroxylation sites is 6. The van der Waals surface area contributed by atoms with Gasteiger partial charge < -0.3 is 13.7 Å². The Hall–Kier alpha value is -14.2. The molecule has 0 saturated carbocycles. The van der Waals surface area contributed by atoms with Gasteiger partial charge in [-0.2, -0.15) is 0 Å². The molecule has 494 valence electrons. The van der Waals surface area contributed by atoms with Crippen molar-refractivity contribution in [3.63, 3.8) is 0 Å². The molecule has 106 heavy (non-hydrogen) atoms. The van der Waals surface area contributed by atoms with Crippen LogP contribution in [0.15, 0.2) is 388 Å². The van der Waals surface area contributed by atoms with Gasteiger partial charge in [-0.25, -0.2) is 9.97 Å². The van der Waals surface area contributed by atoms with Gasteiger partial charge >= 0.3 is 0 Å². The zero-order chi connectivity index (χ0) is 69.8. The number of aromatic nitrogens is 6. The third-order valence-electron chi connectivity index (χ3n) is 21.6. The molecule has 5 aromatic heterocycles. The first-order chi connectivity index (χ1) is 52.6. The minimum absolute atomic E-state index is 0.663. The third-order valence-corrected chi connectivity index (χ3v) is 21.6. The van der Waals surface area contributed by atoms with Crippen LogP contribution >= 0.6 is 0 Å². The monoisotopic (exact) mass is 1350 g/mol. The minimum atomic E-state index is 0.663. The molecule has 5 heterocycles. The van der Waals surface area contributed by atoms with Gasteiger partial charge in [-0.1, -0.05) is 267 Å². The normalized spacial score (nSPS) is 11.8. The Labute approximate surface area is 611 Å². The Balaban J connectivity index is 0.000000136. The van der Waals surface area contributed by atoms with Crippen LogP contribution in [0.3, 0.4) is 0 Å². The second-order valence-corrected chi connectivity index (χ2v) is 27.6. The van der Waals surface area contributed by atoms with Crippen LogP contribution in [-0.2, 0) is 0 Å². The van der Waals surface area contributed by atoms with E-state index in [1.54, 1.807) is 0 Å². The summed E-state index contributed by atoms with van der Waals surface area (Å²) < 4.78 is 9.47. The molecule has 0 spiro atoms. The van der Waals surface area contributed by atoms with Gasteiger partial charge in [0.1, 0.15) is 0 Å². The number of nitrogens with zero attached hydrogens (tertiary/aromatic N) is 6. The topological polar surface area (TPSA) is 45.5 Å². The van der Waals surface area contributed by atoms with Crippen molar-refractivity contribution in [1.29, 1.82) is 0 Å². The molecule has 6 heteroatoms. The van der Waals surface area contributed by atoms with E-state index in [1.807, 2.05) is 12.1 Å². The van der Waals surface area contributed by atoms with E-state index in [1.165, 1.54) is 148 Å². The Kier molecular flexibility index (Phi) is 14.2. The SMILES string of the molecule is c1ccc(-c2cc(-c3ccccc3)cc(-c3cccc4cc(-n5c6ccccc6c6c7c8ccccc8n(-c8ccccc8)c7ccc65)ccc34)c2)cc1.c1ccc(-c2nc(-n3c4ccc(-c5ccc6c(c5)c5ccccc5n6-c5ccccc5)cc4c4c5ccccc5ccc43)nc3ccccc23)cc1. The number of rotatable bonds is 9. The van der Waals surface area contributed by atoms with Crippen LogP contribution in [0.1, 0.15) is 0 Å². The fourth-order valence-corrected chi connectivity index (χ4v) is 16.9. The fraction of sp³-hybridized carbons (Fsp3) is 0. The second-order valence-electron chi connectivity index (χ2n) is 27.6. The summed E-state index contributed by atoms with van der Waals surface area (Å²) in [5.41, 5.74) is 25.4. The molecule has 22 rings (SSSR count). The van der Waals surface area contributed by atoms with Gasteiger partial charge in [-0.15, -0.1) is 0 Å². The van der Waals surface area contributed by atoms with Crippen molar-refractivity contribution in [1.82, 2.24) is 28.2 Å². The van der Waals surface area contributed by atoms with Gasteiger partial charge in [0.2, 0.25) is 5.95 Å². The van der Waals surface area contributed by atoms with Gasteiger partial charge in [0.05, 0.1) is 55.3 Å². The Bertz CT molecular complexity index is 7170. The van der Waals surface area contributed by atoms with E-state index in [-0.39, 0.29) is 0 Å². The van der Waals surface area contributed by atoms with Gasteiger partial charge in [-0.05, 0) is 187 Å². The minimum Gasteiger partial charge on any atom is -0.309 e. The fourth-order valence-electron chi connectivity index (χ4n) is 16.9. The lowest BCUT2D eigenvalue weighted by molar-refractivity contribution is 1.01. The quantitative estimate of drug-likeness (QED) is 0.145. The molecule has 0 radical (unpaired) electrons. The molecular weight excluding hydrogens is 1290 g/mol. The van der Waals surface area contributed by atoms with E-state index in [2.05, 4.69) is 394 Å². The first-order valence-corrected chi connectivity index (χ1v) is 36.3. The summed E-state index contributed by atoms with van der Waals surface area (Å²) >= 11 is 0. The molecule has 0 bridgehead atoms. The maximum Gasteiger partial charge on any atom is 0.235 e. The molecule has 0 saturated heterocycles. The summed E-state index contributed by atoms with van der Waals surface area (Å²) in [5, 5.41) is 15.9. The lowest BCUT2D eigenvalue weighted by Gasteiger charge is -2.14. The highest BCUT2D eigenvalue weighted by molar-refractivity contribution is 6.29. The molecule has 22 aromatic rings. The van der Waals surface area contributed by atoms with E-state index in [0.717, 1.165) is 44.6 Å². The predicted octanol–water partition coefficient (Wildman–Crippen LogP) is 26.3. The molecule has 0 unspecified atom stereocenters. The average Bonchev–Trinajstić information content (AvgIpc) is 1.52. The Morgan fingerprint density at radius 3 is 1.24 bits per heavy atom. The van der Waals surface area contributed by atoms with Crippen LogP contribution in [0.2, 0.25) is 0 Å². The van der Waals surface area contributed by atoms with Crippen molar-refractivity contribution < 1.29 is 0 Å². The summed E-state index contributed by atoms with van der Waals surface area (Å²) in [6.07, 6.45) is 0. The number of hydrogen-bond donors (Lipinski definition) is 0. The second kappa shape index (κ2) is 24.8. The van der Waals surface area contributed by atoms with E-state index >= 15 is 0 Å². The maximum absolute atomic E-state index is 5.31. The molecule has 0 aliphatic rings. The summed E-state index contributed by atoms with van der Waals surface area (Å²) in [7, 11) is 0. The maximum atomic E-state index is 5.31. The highest BCUT2D eigenvalue weighted by atomic mass is 15.2. The zero-order valence-electron chi connectivity index (χ0n) is 57.6. The van der Waals surface area contributed by atoms with Crippen LogP contribution in [-0.4, -0.2) is 28.2 Å². The molecule has 17 aromatic carbocycles. The lowest BCUT2D eigenvalue weighted by Crippen LogP contribution is -2.03. The zero-order valence-corrected chi connectivity index (χ0v) is 57.6. The standard InChI is InChI=1S/C52H34N2.C48H30N4/c1-4-15-35(16-5-1)38-31-39(36-17-6-2-7-18-36)33-40(32-38)43-24-14-19-37-34-42(27-28-44(37)43)54-48-26-13-11-23-46(48)52-50(54)30-29-49-51(52)45-22-10-12-25-47(45)53(49)41-20-8-3-9-21-41;1-3-14-32(15-4-1)47-38-20-9-11-21-41(38)49-48(50-47)52-44-27-25-34(30-40(44)46-36-18-8-7-13-31(36)23-28-45(46)52)33-24-26-43-39(29-33)37-19-10-12-22-42(37)51(43)35-16-5-2-6-17-35/h1-34H;1-30H. The lowest BCUT2D eigenvalue weighted by atomic mass is 9.91. The first kappa shape index (κ1) is 60.6. The molecule has 0 atom stereocenters. The van der Waals surface area contributed by atoms with Crippen molar-refractivity contribution in [2.45, 2.75) is 0 Å². The summed E-state index contributed by atoms with van der Waals surface area (Å²) in [6, 6.07) is 140. The van der Waals surface area contributed by atoms with Crippen LogP contribution in [0.25, 0.3) is 198 Å². The van der Waals surface area contributed by atoms with E-state index in [0.29, 0.717) is 5.95 Å². The highest BCUT2D eigenvalue weighted by Crippen LogP contribution is 2.46. The van der Waals surface area contributed by atoms with Crippen LogP contribution in [0.5, 0.6) is 0 Å². The molecule has 0 amide bonds. The summed E-state index contributed by atoms with van der Waals surface area (Å²) in [4.78, 5) is 10.5. The van der Waals surface area contributed by atoms with Gasteiger partial charge in [-0.3, -0.25) is 4.57 Å². The smallest absolute Gasteiger partial charge is 0.235 e. The van der Waals surface area contributed by atoms with E-state index in [4.69, 9.17) is 9.97 Å². The molecule has 0 N–H and O–H groups in total. The van der Waals surface area contributed by atoms with Crippen LogP contribution < -0.4 is 0 Å². The first-order valence-electron chi connectivity index (χ1n) is 36.3. The van der Waals surface area contributed by atoms with Crippen molar-refractivity contribution in [2.75, 3.05) is 0 Å². The number of benzene rings is 17. The van der Waals surface area contributed by atoms with Gasteiger partial charge in [0, 0.05) is 71.1 Å². The Morgan fingerprint density at radius 1 is 0.179 bits per heavy atom. The van der Waals surface area contributed by atoms with Crippen molar-refractivity contribution in [3.8, 4) is 78.8 Å². The molecule has 0 aliphatic carbocycles. The third kappa shape index (κ3) is 9.87. The highest BCUT2D eigenvalue weighted by Gasteiger charge is 2.24. The summed E-state index contributed by atoms with van der Waals surface area (Å²) in [6.45, 7) is 0. The van der Waals surface area contributed by atoms with Gasteiger partial charge in [0.25, 0.3) is 0 Å². The largest absolute Gasteiger partial charge is 0.309 e. The summed E-state index contributed by atoms with van der Waals surface area (Å²) in [5.74, 6) is 0.663. The van der Waals surface area contributed by atoms with E-state index in [9.17, 15) is 0 Å². The number of fused-ring (bicyclic) bond motifs is 17. The van der Waals surface area contributed by atoms with Crippen molar-refractivity contribution in [2.24, 2.45) is 0 Å². The van der Waals surface area contributed by atoms with Crippen molar-refractivity contribution in [3.05, 3.63) is 388 Å². The van der Waals surface area contributed by atoms with Crippen LogP contribution in [0, 0.1) is 0 Å². The number of hydrogen-bond acceptors (Lipinski definition) is 2.